The first-order chi connectivity index (χ1) is 12.7. The quantitative estimate of drug-likeness (QED) is 0.785. The largest absolute Gasteiger partial charge is 0.337 e. The normalized spacial score (nSPS) is 21.2. The molecule has 3 rings (SSSR count). The number of nitriles is 1. The number of piperazine rings is 1. The maximum atomic E-state index is 12.7. The minimum Gasteiger partial charge on any atom is -0.337 e. The van der Waals surface area contributed by atoms with E-state index in [1.807, 2.05) is 11.8 Å². The van der Waals surface area contributed by atoms with Gasteiger partial charge in [0, 0.05) is 26.2 Å². The molecule has 1 heterocycles. The van der Waals surface area contributed by atoms with Crippen LogP contribution in [0.1, 0.15) is 25.3 Å². The molecule has 2 aliphatic rings. The van der Waals surface area contributed by atoms with Crippen LogP contribution in [-0.4, -0.2) is 61.8 Å². The van der Waals surface area contributed by atoms with Crippen molar-refractivity contribution in [1.82, 2.24) is 14.5 Å². The number of carbonyl (C=O) groups is 1. The van der Waals surface area contributed by atoms with Crippen LogP contribution in [0.25, 0.3) is 0 Å². The van der Waals surface area contributed by atoms with Crippen LogP contribution in [0.5, 0.6) is 0 Å². The summed E-state index contributed by atoms with van der Waals surface area (Å²) in [4.78, 5) is 14.5. The third-order valence-electron chi connectivity index (χ3n) is 5.38. The Hall–Kier alpha value is -1.95. The maximum absolute atomic E-state index is 12.7. The number of nitrogens with zero attached hydrogens (tertiary/aromatic N) is 3. The molecule has 0 bridgehead atoms. The highest BCUT2D eigenvalue weighted by atomic mass is 32.2. The molecule has 2 fully saturated rings. The molecule has 1 aliphatic heterocycles. The van der Waals surface area contributed by atoms with Crippen LogP contribution in [0.15, 0.2) is 29.2 Å². The molecule has 1 amide bonds. The average molecular weight is 391 g/mol. The lowest BCUT2D eigenvalue weighted by molar-refractivity contribution is -0.123. The summed E-state index contributed by atoms with van der Waals surface area (Å²) in [7, 11) is -3.50. The van der Waals surface area contributed by atoms with Gasteiger partial charge in [-0.15, -0.1) is 0 Å². The Morgan fingerprint density at radius 2 is 1.81 bits per heavy atom. The summed E-state index contributed by atoms with van der Waals surface area (Å²) in [6.07, 6.45) is 1.94. The zero-order chi connectivity index (χ0) is 19.7. The molecule has 0 aromatic heterocycles. The van der Waals surface area contributed by atoms with Crippen LogP contribution >= 0.6 is 0 Å². The number of amides is 1. The standard InChI is InChI=1S/C19H26N4O3S/c1-15-3-7-17(8-4-15)27(25,26)23-11-9-22(10-12-23)13-18(24)21-19(2,14-20)16-5-6-16/h3-4,7-8,16H,5-6,9-13H2,1-2H3,(H,21,24)/t19-/m1/s1. The Kier molecular flexibility index (Phi) is 5.56. The van der Waals surface area contributed by atoms with Gasteiger partial charge in [-0.05, 0) is 44.7 Å². The molecule has 1 aromatic carbocycles. The van der Waals surface area contributed by atoms with Crippen molar-refractivity contribution in [1.29, 1.82) is 5.26 Å². The highest BCUT2D eigenvalue weighted by molar-refractivity contribution is 7.89. The lowest BCUT2D eigenvalue weighted by Crippen LogP contribution is -2.54. The van der Waals surface area contributed by atoms with E-state index in [0.29, 0.717) is 31.1 Å². The van der Waals surface area contributed by atoms with Crippen molar-refractivity contribution in [2.45, 2.75) is 37.1 Å². The summed E-state index contributed by atoms with van der Waals surface area (Å²) in [6.45, 7) is 5.55. The van der Waals surface area contributed by atoms with Crippen molar-refractivity contribution in [2.75, 3.05) is 32.7 Å². The zero-order valence-electron chi connectivity index (χ0n) is 15.8. The molecule has 8 heteroatoms. The summed E-state index contributed by atoms with van der Waals surface area (Å²) < 4.78 is 26.9. The van der Waals surface area contributed by atoms with Crippen molar-refractivity contribution < 1.29 is 13.2 Å². The minimum atomic E-state index is -3.50. The van der Waals surface area contributed by atoms with E-state index in [1.165, 1.54) is 4.31 Å². The monoisotopic (exact) mass is 390 g/mol. The molecule has 0 radical (unpaired) electrons. The smallest absolute Gasteiger partial charge is 0.243 e. The average Bonchev–Trinajstić information content (AvgIpc) is 3.48. The summed E-state index contributed by atoms with van der Waals surface area (Å²) in [5.41, 5.74) is 0.216. The van der Waals surface area contributed by atoms with Crippen molar-refractivity contribution in [2.24, 2.45) is 5.92 Å². The van der Waals surface area contributed by atoms with E-state index in [9.17, 15) is 18.5 Å². The second-order valence-corrected chi connectivity index (χ2v) is 9.57. The number of carbonyl (C=O) groups excluding carboxylic acids is 1. The maximum Gasteiger partial charge on any atom is 0.243 e. The van der Waals surface area contributed by atoms with Crippen molar-refractivity contribution >= 4 is 15.9 Å². The van der Waals surface area contributed by atoms with Crippen molar-refractivity contribution in [3.8, 4) is 6.07 Å². The predicted octanol–water partition coefficient (Wildman–Crippen LogP) is 1.11. The summed E-state index contributed by atoms with van der Waals surface area (Å²) >= 11 is 0. The number of rotatable bonds is 6. The van der Waals surface area contributed by atoms with Gasteiger partial charge in [0.15, 0.2) is 0 Å². The van der Waals surface area contributed by atoms with Gasteiger partial charge in [0.1, 0.15) is 5.54 Å². The third kappa shape index (κ3) is 4.49. The minimum absolute atomic E-state index is 0.180. The molecule has 1 saturated carbocycles. The van der Waals surface area contributed by atoms with Gasteiger partial charge in [-0.2, -0.15) is 9.57 Å². The van der Waals surface area contributed by atoms with E-state index in [2.05, 4.69) is 11.4 Å². The molecule has 146 valence electrons. The zero-order valence-corrected chi connectivity index (χ0v) is 16.6. The lowest BCUT2D eigenvalue weighted by Gasteiger charge is -2.34. The third-order valence-corrected chi connectivity index (χ3v) is 7.30. The topological polar surface area (TPSA) is 93.5 Å². The fourth-order valence-electron chi connectivity index (χ4n) is 3.40. The second kappa shape index (κ2) is 7.58. The molecule has 0 unspecified atom stereocenters. The van der Waals surface area contributed by atoms with Crippen LogP contribution in [0.3, 0.4) is 0 Å². The predicted molar refractivity (Wildman–Crippen MR) is 101 cm³/mol. The Bertz CT molecular complexity index is 835. The van der Waals surface area contributed by atoms with Crippen LogP contribution in [0.2, 0.25) is 0 Å². The first-order valence-corrected chi connectivity index (χ1v) is 10.7. The van der Waals surface area contributed by atoms with Crippen LogP contribution in [0.4, 0.5) is 0 Å². The Morgan fingerprint density at radius 3 is 2.33 bits per heavy atom. The van der Waals surface area contributed by atoms with E-state index in [1.54, 1.807) is 31.2 Å². The highest BCUT2D eigenvalue weighted by Gasteiger charge is 2.43. The van der Waals surface area contributed by atoms with Gasteiger partial charge >= 0.3 is 0 Å². The molecule has 1 saturated heterocycles. The van der Waals surface area contributed by atoms with E-state index in [0.717, 1.165) is 18.4 Å². The van der Waals surface area contributed by atoms with Crippen LogP contribution in [-0.2, 0) is 14.8 Å². The SMILES string of the molecule is Cc1ccc(S(=O)(=O)N2CCN(CC(=O)N[C@](C)(C#N)C3CC3)CC2)cc1. The number of nitrogens with one attached hydrogen (secondary N) is 1. The number of hydrogen-bond donors (Lipinski definition) is 1. The van der Waals surface area contributed by atoms with Gasteiger partial charge < -0.3 is 5.32 Å². The molecule has 1 aromatic rings. The van der Waals surface area contributed by atoms with Gasteiger partial charge in [0.2, 0.25) is 15.9 Å². The van der Waals surface area contributed by atoms with Crippen LogP contribution < -0.4 is 5.32 Å². The molecule has 0 spiro atoms. The van der Waals surface area contributed by atoms with Gasteiger partial charge in [-0.3, -0.25) is 9.69 Å². The van der Waals surface area contributed by atoms with E-state index >= 15 is 0 Å². The molecular formula is C19H26N4O3S. The molecule has 1 atom stereocenters. The Labute approximate surface area is 161 Å². The second-order valence-electron chi connectivity index (χ2n) is 7.63. The number of hydrogen-bond acceptors (Lipinski definition) is 5. The molecule has 1 aliphatic carbocycles. The van der Waals surface area contributed by atoms with Gasteiger partial charge in [-0.1, -0.05) is 17.7 Å². The van der Waals surface area contributed by atoms with E-state index < -0.39 is 15.6 Å². The highest BCUT2D eigenvalue weighted by Crippen LogP contribution is 2.39. The van der Waals surface area contributed by atoms with E-state index in [-0.39, 0.29) is 18.4 Å². The van der Waals surface area contributed by atoms with E-state index in [4.69, 9.17) is 0 Å². The molecular weight excluding hydrogens is 364 g/mol. The number of sulfonamides is 1. The summed E-state index contributed by atoms with van der Waals surface area (Å²) in [6, 6.07) is 9.06. The van der Waals surface area contributed by atoms with Gasteiger partial charge in [-0.25, -0.2) is 8.42 Å². The fourth-order valence-corrected chi connectivity index (χ4v) is 4.82. The fraction of sp³-hybridized carbons (Fsp3) is 0.579. The first kappa shape index (κ1) is 19.8. The van der Waals surface area contributed by atoms with Crippen molar-refractivity contribution in [3.63, 3.8) is 0 Å². The lowest BCUT2D eigenvalue weighted by atomic mass is 9.98. The van der Waals surface area contributed by atoms with Gasteiger partial charge in [0.05, 0.1) is 17.5 Å². The Balaban J connectivity index is 1.53. The summed E-state index contributed by atoms with van der Waals surface area (Å²) in [5.74, 6) is 0.0590. The molecule has 27 heavy (non-hydrogen) atoms. The first-order valence-electron chi connectivity index (χ1n) is 9.26. The number of benzene rings is 1. The molecule has 7 nitrogen and oxygen atoms in total. The number of aryl methyl sites for hydroxylation is 1. The van der Waals surface area contributed by atoms with Crippen molar-refractivity contribution in [3.05, 3.63) is 29.8 Å². The van der Waals surface area contributed by atoms with Gasteiger partial charge in [0.25, 0.3) is 0 Å². The summed E-state index contributed by atoms with van der Waals surface area (Å²) in [5, 5.41) is 12.2. The molecule has 1 N–H and O–H groups in total. The van der Waals surface area contributed by atoms with Crippen LogP contribution in [0, 0.1) is 24.2 Å². The Morgan fingerprint density at radius 1 is 1.22 bits per heavy atom.